The summed E-state index contributed by atoms with van der Waals surface area (Å²) in [6.07, 6.45) is 0.389. The van der Waals surface area contributed by atoms with Gasteiger partial charge >= 0.3 is 5.97 Å². The van der Waals surface area contributed by atoms with Crippen LogP contribution in [0.2, 0.25) is 5.02 Å². The summed E-state index contributed by atoms with van der Waals surface area (Å²) in [5, 5.41) is 13.3. The van der Waals surface area contributed by atoms with Crippen molar-refractivity contribution in [2.24, 2.45) is 0 Å². The lowest BCUT2D eigenvalue weighted by Crippen LogP contribution is -2.35. The zero-order valence-electron chi connectivity index (χ0n) is 12.5. The average molecular weight is 353 g/mol. The summed E-state index contributed by atoms with van der Waals surface area (Å²) in [4.78, 5) is 34.0. The molecule has 1 heterocycles. The Kier molecular flexibility index (Phi) is 5.54. The van der Waals surface area contributed by atoms with Crippen LogP contribution in [0.5, 0.6) is 0 Å². The number of nitro groups is 1. The molecule has 126 valence electrons. The molecule has 24 heavy (non-hydrogen) atoms. The van der Waals surface area contributed by atoms with Crippen LogP contribution in [0.15, 0.2) is 41.0 Å². The molecule has 2 rings (SSSR count). The van der Waals surface area contributed by atoms with Crippen molar-refractivity contribution >= 4 is 29.2 Å². The van der Waals surface area contributed by atoms with Gasteiger partial charge in [0.2, 0.25) is 0 Å². The number of carbonyl (C=O) groups is 2. The Morgan fingerprint density at radius 3 is 2.79 bits per heavy atom. The number of rotatable bonds is 6. The highest BCUT2D eigenvalue weighted by molar-refractivity contribution is 6.32. The van der Waals surface area contributed by atoms with E-state index in [4.69, 9.17) is 20.8 Å². The van der Waals surface area contributed by atoms with Crippen molar-refractivity contribution in [3.05, 3.63) is 63.1 Å². The maximum Gasteiger partial charge on any atom is 0.339 e. The Labute approximate surface area is 141 Å². The van der Waals surface area contributed by atoms with Gasteiger partial charge in [-0.3, -0.25) is 14.9 Å². The first-order valence-corrected chi connectivity index (χ1v) is 7.21. The van der Waals surface area contributed by atoms with Crippen LogP contribution < -0.4 is 5.32 Å². The molecule has 9 heteroatoms. The second-order valence-electron chi connectivity index (χ2n) is 4.77. The molecule has 0 radical (unpaired) electrons. The van der Waals surface area contributed by atoms with E-state index in [1.54, 1.807) is 12.1 Å². The molecule has 0 saturated heterocycles. The largest absolute Gasteiger partial charge is 0.467 e. The first-order valence-electron chi connectivity index (χ1n) is 6.83. The summed E-state index contributed by atoms with van der Waals surface area (Å²) in [7, 11) is 0. The van der Waals surface area contributed by atoms with E-state index in [0.717, 1.165) is 6.07 Å². The fraction of sp³-hybridized carbons (Fsp3) is 0.200. The third-order valence-corrected chi connectivity index (χ3v) is 3.37. The smallest absolute Gasteiger partial charge is 0.339 e. The highest BCUT2D eigenvalue weighted by Crippen LogP contribution is 2.25. The molecule has 1 aromatic heterocycles. The average Bonchev–Trinajstić information content (AvgIpc) is 3.05. The van der Waals surface area contributed by atoms with Gasteiger partial charge in [0.25, 0.3) is 11.6 Å². The molecule has 1 amide bonds. The Morgan fingerprint density at radius 2 is 2.17 bits per heavy atom. The lowest BCUT2D eigenvalue weighted by atomic mass is 10.2. The number of hydrogen-bond acceptors (Lipinski definition) is 6. The van der Waals surface area contributed by atoms with E-state index in [1.165, 1.54) is 25.3 Å². The van der Waals surface area contributed by atoms with Crippen molar-refractivity contribution in [2.75, 3.05) is 0 Å². The van der Waals surface area contributed by atoms with Gasteiger partial charge in [-0.1, -0.05) is 11.6 Å². The van der Waals surface area contributed by atoms with Gasteiger partial charge in [-0.25, -0.2) is 4.79 Å². The van der Waals surface area contributed by atoms with E-state index in [-0.39, 0.29) is 17.1 Å². The fourth-order valence-corrected chi connectivity index (χ4v) is 1.98. The number of hydrogen-bond donors (Lipinski definition) is 1. The number of amides is 1. The van der Waals surface area contributed by atoms with E-state index < -0.39 is 28.6 Å². The number of benzene rings is 1. The molecular weight excluding hydrogens is 340 g/mol. The lowest BCUT2D eigenvalue weighted by molar-refractivity contribution is -0.384. The van der Waals surface area contributed by atoms with Crippen LogP contribution >= 0.6 is 11.6 Å². The number of nitrogens with zero attached hydrogens (tertiary/aromatic N) is 1. The van der Waals surface area contributed by atoms with Crippen LogP contribution in [0.1, 0.15) is 23.0 Å². The number of ether oxygens (including phenoxy) is 1. The van der Waals surface area contributed by atoms with Gasteiger partial charge < -0.3 is 14.5 Å². The van der Waals surface area contributed by atoms with Crippen molar-refractivity contribution in [1.29, 1.82) is 0 Å². The number of nitro benzene ring substituents is 1. The van der Waals surface area contributed by atoms with Gasteiger partial charge in [0.05, 0.1) is 23.3 Å². The Balaban J connectivity index is 1.96. The Bertz CT molecular complexity index is 759. The van der Waals surface area contributed by atoms with Crippen molar-refractivity contribution in [1.82, 2.24) is 5.32 Å². The number of esters is 1. The topological polar surface area (TPSA) is 112 Å². The Hall–Kier alpha value is -2.87. The quantitative estimate of drug-likeness (QED) is 0.486. The molecule has 1 unspecified atom stereocenters. The van der Waals surface area contributed by atoms with Crippen molar-refractivity contribution < 1.29 is 23.7 Å². The van der Waals surface area contributed by atoms with Crippen LogP contribution in [0, 0.1) is 10.1 Å². The van der Waals surface area contributed by atoms with Crippen LogP contribution in [-0.4, -0.2) is 22.9 Å². The maximum atomic E-state index is 12.0. The SMILES string of the molecule is CC(OC(=O)c1ccc(Cl)c([N+](=O)[O-])c1)C(=O)NCc1ccco1. The standard InChI is InChI=1S/C15H13ClN2O6/c1-9(14(19)17-8-11-3-2-6-23-11)24-15(20)10-4-5-12(16)13(7-10)18(21)22/h2-7,9H,8H2,1H3,(H,17,19). The predicted octanol–water partition coefficient (Wildman–Crippen LogP) is 2.70. The first kappa shape index (κ1) is 17.5. The van der Waals surface area contributed by atoms with E-state index in [2.05, 4.69) is 5.32 Å². The molecule has 0 aliphatic carbocycles. The molecule has 1 N–H and O–H groups in total. The number of furan rings is 1. The molecule has 0 aliphatic rings. The summed E-state index contributed by atoms with van der Waals surface area (Å²) in [5.41, 5.74) is -0.488. The number of nitrogens with one attached hydrogen (secondary N) is 1. The molecule has 2 aromatic rings. The monoisotopic (exact) mass is 352 g/mol. The zero-order valence-corrected chi connectivity index (χ0v) is 13.3. The summed E-state index contributed by atoms with van der Waals surface area (Å²) in [6.45, 7) is 1.54. The van der Waals surface area contributed by atoms with E-state index >= 15 is 0 Å². The maximum absolute atomic E-state index is 12.0. The number of halogens is 1. The minimum Gasteiger partial charge on any atom is -0.467 e. The zero-order chi connectivity index (χ0) is 17.7. The fourth-order valence-electron chi connectivity index (χ4n) is 1.79. The first-order chi connectivity index (χ1) is 11.4. The second kappa shape index (κ2) is 7.60. The normalized spacial score (nSPS) is 11.6. The van der Waals surface area contributed by atoms with Crippen LogP contribution in [0.3, 0.4) is 0 Å². The Morgan fingerprint density at radius 1 is 1.42 bits per heavy atom. The van der Waals surface area contributed by atoms with Gasteiger partial charge in [0.1, 0.15) is 10.8 Å². The molecule has 0 bridgehead atoms. The molecule has 8 nitrogen and oxygen atoms in total. The van der Waals surface area contributed by atoms with E-state index in [9.17, 15) is 19.7 Å². The van der Waals surface area contributed by atoms with Crippen LogP contribution in [0.4, 0.5) is 5.69 Å². The molecule has 1 aromatic carbocycles. The minimum atomic E-state index is -1.08. The van der Waals surface area contributed by atoms with Gasteiger partial charge in [0, 0.05) is 6.07 Å². The third-order valence-electron chi connectivity index (χ3n) is 3.05. The summed E-state index contributed by atoms with van der Waals surface area (Å²) in [5.74, 6) is -0.839. The van der Waals surface area contributed by atoms with Crippen molar-refractivity contribution in [2.45, 2.75) is 19.6 Å². The molecule has 0 saturated carbocycles. The predicted molar refractivity (Wildman–Crippen MR) is 83.5 cm³/mol. The number of carbonyl (C=O) groups excluding carboxylic acids is 2. The van der Waals surface area contributed by atoms with Crippen LogP contribution in [-0.2, 0) is 16.1 Å². The van der Waals surface area contributed by atoms with E-state index in [0.29, 0.717) is 5.76 Å². The summed E-state index contributed by atoms with van der Waals surface area (Å²) < 4.78 is 10.1. The minimum absolute atomic E-state index is 0.0724. The van der Waals surface area contributed by atoms with Crippen molar-refractivity contribution in [3.8, 4) is 0 Å². The van der Waals surface area contributed by atoms with Gasteiger partial charge in [-0.15, -0.1) is 0 Å². The summed E-state index contributed by atoms with van der Waals surface area (Å²) in [6, 6.07) is 6.86. The highest BCUT2D eigenvalue weighted by atomic mass is 35.5. The molecule has 0 aliphatic heterocycles. The van der Waals surface area contributed by atoms with Gasteiger partial charge in [-0.2, -0.15) is 0 Å². The highest BCUT2D eigenvalue weighted by Gasteiger charge is 2.21. The molecule has 0 fully saturated rings. The second-order valence-corrected chi connectivity index (χ2v) is 5.18. The lowest BCUT2D eigenvalue weighted by Gasteiger charge is -2.13. The van der Waals surface area contributed by atoms with Gasteiger partial charge in [-0.05, 0) is 31.2 Å². The molecule has 0 spiro atoms. The third kappa shape index (κ3) is 4.32. The summed E-state index contributed by atoms with van der Waals surface area (Å²) >= 11 is 5.68. The van der Waals surface area contributed by atoms with Gasteiger partial charge in [0.15, 0.2) is 6.10 Å². The van der Waals surface area contributed by atoms with Crippen LogP contribution in [0.25, 0.3) is 0 Å². The van der Waals surface area contributed by atoms with Crippen molar-refractivity contribution in [3.63, 3.8) is 0 Å². The van der Waals surface area contributed by atoms with E-state index in [1.807, 2.05) is 0 Å². The molecular formula is C15H13ClN2O6. The molecule has 1 atom stereocenters.